The van der Waals surface area contributed by atoms with Crippen LogP contribution in [0.1, 0.15) is 26.3 Å². The summed E-state index contributed by atoms with van der Waals surface area (Å²) in [4.78, 5) is 16.4. The van der Waals surface area contributed by atoms with E-state index >= 15 is 0 Å². The van der Waals surface area contributed by atoms with E-state index in [0.29, 0.717) is 17.8 Å². The lowest BCUT2D eigenvalue weighted by atomic mass is 10.2. The Labute approximate surface area is 154 Å². The fourth-order valence-corrected chi connectivity index (χ4v) is 2.85. The Morgan fingerprint density at radius 1 is 1.12 bits per heavy atom. The number of nitrogens with one attached hydrogen (secondary N) is 1. The number of carbonyl (C=O) groups is 1. The van der Waals surface area contributed by atoms with Gasteiger partial charge in [0.15, 0.2) is 11.6 Å². The van der Waals surface area contributed by atoms with Gasteiger partial charge >= 0.3 is 6.09 Å². The van der Waals surface area contributed by atoms with Crippen LogP contribution in [0.2, 0.25) is 0 Å². The maximum Gasteiger partial charge on any atom is 0.413 e. The summed E-state index contributed by atoms with van der Waals surface area (Å²) < 4.78 is 23.4. The summed E-state index contributed by atoms with van der Waals surface area (Å²) in [6.07, 6.45) is -0.645. The Kier molecular flexibility index (Phi) is 6.09. The lowest BCUT2D eigenvalue weighted by Crippen LogP contribution is -2.28. The Hall–Kier alpha value is -2.33. The van der Waals surface area contributed by atoms with E-state index < -0.39 is 18.8 Å². The molecule has 1 aromatic carbocycles. The molecule has 0 radical (unpaired) electrons. The first-order valence-corrected chi connectivity index (χ1v) is 10.9. The van der Waals surface area contributed by atoms with Gasteiger partial charge in [0.2, 0.25) is 0 Å². The number of amides is 1. The molecule has 0 aliphatic rings. The number of anilines is 1. The van der Waals surface area contributed by atoms with Crippen molar-refractivity contribution >= 4 is 24.5 Å². The minimum Gasteiger partial charge on any atom is -0.485 e. The van der Waals surface area contributed by atoms with Gasteiger partial charge < -0.3 is 14.0 Å². The Morgan fingerprint density at radius 2 is 1.77 bits per heavy atom. The van der Waals surface area contributed by atoms with Gasteiger partial charge in [0, 0.05) is 0 Å². The zero-order valence-electron chi connectivity index (χ0n) is 15.8. The van der Waals surface area contributed by atoms with Crippen molar-refractivity contribution in [3.63, 3.8) is 0 Å². The summed E-state index contributed by atoms with van der Waals surface area (Å²) in [5, 5.41) is 2.60. The first kappa shape index (κ1) is 20.0. The maximum atomic E-state index is 12.3. The van der Waals surface area contributed by atoms with Crippen molar-refractivity contribution in [3.05, 3.63) is 48.0 Å². The predicted molar refractivity (Wildman–Crippen MR) is 104 cm³/mol. The number of ether oxygens (including phenoxy) is 2. The molecule has 1 heterocycles. The molecule has 6 nitrogen and oxygen atoms in total. The van der Waals surface area contributed by atoms with Crippen molar-refractivity contribution < 1.29 is 18.8 Å². The van der Waals surface area contributed by atoms with Crippen LogP contribution in [-0.4, -0.2) is 30.0 Å². The predicted octanol–water partition coefficient (Wildman–Crippen LogP) is 4.26. The van der Waals surface area contributed by atoms with Gasteiger partial charge in [-0.3, -0.25) is 5.32 Å². The zero-order chi connectivity index (χ0) is 19.4. The van der Waals surface area contributed by atoms with Gasteiger partial charge in [0.1, 0.15) is 24.8 Å². The second-order valence-electron chi connectivity index (χ2n) is 7.27. The first-order valence-electron chi connectivity index (χ1n) is 8.28. The third-order valence-corrected chi connectivity index (χ3v) is 4.60. The van der Waals surface area contributed by atoms with Crippen LogP contribution in [-0.2, 0) is 15.9 Å². The van der Waals surface area contributed by atoms with Crippen molar-refractivity contribution in [1.29, 1.82) is 0 Å². The summed E-state index contributed by atoms with van der Waals surface area (Å²) in [6.45, 7) is 8.88. The van der Waals surface area contributed by atoms with E-state index in [4.69, 9.17) is 9.47 Å². The van der Waals surface area contributed by atoms with Crippen LogP contribution in [0.4, 0.5) is 10.6 Å². The topological polar surface area (TPSA) is 77.5 Å². The smallest absolute Gasteiger partial charge is 0.413 e. The molecule has 0 fully saturated rings. The number of aromatic nitrogens is 1. The summed E-state index contributed by atoms with van der Waals surface area (Å²) in [5.74, 6) is 0.577. The monoisotopic (exact) mass is 376 g/mol. The number of carbonyl (C=O) groups excluding carboxylic acids is 1. The normalized spacial score (nSPS) is 11.7. The molecule has 1 aromatic heterocycles. The molecule has 0 aliphatic carbocycles. The zero-order valence-corrected chi connectivity index (χ0v) is 16.7. The van der Waals surface area contributed by atoms with Crippen LogP contribution in [0.3, 0.4) is 0 Å². The Balaban J connectivity index is 2.25. The van der Waals surface area contributed by atoms with Gasteiger partial charge in [-0.25, -0.2) is 9.78 Å². The van der Waals surface area contributed by atoms with E-state index in [9.17, 15) is 9.36 Å². The molecule has 1 N–H and O–H groups in total. The van der Waals surface area contributed by atoms with E-state index in [1.165, 1.54) is 0 Å². The van der Waals surface area contributed by atoms with Crippen LogP contribution in [0, 0.1) is 0 Å². The molecule has 140 valence electrons. The Bertz CT molecular complexity index is 810. The first-order chi connectivity index (χ1) is 12.0. The van der Waals surface area contributed by atoms with Crippen LogP contribution in [0.5, 0.6) is 5.75 Å². The summed E-state index contributed by atoms with van der Waals surface area (Å²) in [7, 11) is -2.59. The fraction of sp³-hybridized carbons (Fsp3) is 0.368. The van der Waals surface area contributed by atoms with Gasteiger partial charge in [-0.1, -0.05) is 30.3 Å². The highest BCUT2D eigenvalue weighted by Crippen LogP contribution is 2.35. The van der Waals surface area contributed by atoms with Crippen molar-refractivity contribution in [3.8, 4) is 5.75 Å². The van der Waals surface area contributed by atoms with E-state index in [0.717, 1.165) is 5.56 Å². The van der Waals surface area contributed by atoms with Crippen molar-refractivity contribution in [2.45, 2.75) is 33.0 Å². The maximum absolute atomic E-state index is 12.3. The molecule has 26 heavy (non-hydrogen) atoms. The van der Waals surface area contributed by atoms with Gasteiger partial charge in [0.05, 0.1) is 0 Å². The molecule has 1 amide bonds. The minimum absolute atomic E-state index is 0.191. The highest BCUT2D eigenvalue weighted by atomic mass is 31.2. The average Bonchev–Trinajstić information content (AvgIpc) is 2.52. The van der Waals surface area contributed by atoms with E-state index in [2.05, 4.69) is 10.3 Å². The number of hydrogen-bond donors (Lipinski definition) is 1. The molecular formula is C19H25N2O4P. The average molecular weight is 376 g/mol. The SMILES string of the molecule is CC(C)(C)OC(=O)Nc1nc(P(C)(C)=O)ccc1OCc1ccccc1. The van der Waals surface area contributed by atoms with Crippen molar-refractivity contribution in [1.82, 2.24) is 4.98 Å². The van der Waals surface area contributed by atoms with Crippen molar-refractivity contribution in [2.24, 2.45) is 0 Å². The third kappa shape index (κ3) is 6.19. The molecule has 0 saturated carbocycles. The van der Waals surface area contributed by atoms with Gasteiger partial charge in [-0.15, -0.1) is 0 Å². The number of nitrogens with zero attached hydrogens (tertiary/aromatic N) is 1. The van der Waals surface area contributed by atoms with Crippen LogP contribution in [0.15, 0.2) is 42.5 Å². The lowest BCUT2D eigenvalue weighted by Gasteiger charge is -2.20. The number of rotatable bonds is 5. The summed E-state index contributed by atoms with van der Waals surface area (Å²) >= 11 is 0. The van der Waals surface area contributed by atoms with E-state index in [1.807, 2.05) is 30.3 Å². The lowest BCUT2D eigenvalue weighted by molar-refractivity contribution is 0.0634. The molecule has 7 heteroatoms. The van der Waals surface area contributed by atoms with Crippen LogP contribution >= 0.6 is 7.14 Å². The second kappa shape index (κ2) is 7.92. The van der Waals surface area contributed by atoms with E-state index in [1.54, 1.807) is 46.2 Å². The number of pyridine rings is 1. The highest BCUT2D eigenvalue weighted by molar-refractivity contribution is 7.69. The van der Waals surface area contributed by atoms with Gasteiger partial charge in [0.25, 0.3) is 0 Å². The molecule has 0 spiro atoms. The molecule has 2 aromatic rings. The molecule has 0 bridgehead atoms. The summed E-state index contributed by atoms with van der Waals surface area (Å²) in [6, 6.07) is 13.0. The molecule has 0 unspecified atom stereocenters. The molecule has 0 saturated heterocycles. The van der Waals surface area contributed by atoms with Gasteiger partial charge in [-0.05, 0) is 51.8 Å². The number of benzene rings is 1. The summed E-state index contributed by atoms with van der Waals surface area (Å²) in [5.41, 5.74) is 0.754. The van der Waals surface area contributed by atoms with Crippen LogP contribution < -0.4 is 15.5 Å². The molecule has 2 rings (SSSR count). The van der Waals surface area contributed by atoms with Crippen molar-refractivity contribution in [2.75, 3.05) is 18.6 Å². The fourth-order valence-electron chi connectivity index (χ4n) is 2.08. The molecule has 0 atom stereocenters. The largest absolute Gasteiger partial charge is 0.485 e. The molecule has 0 aliphatic heterocycles. The quantitative estimate of drug-likeness (QED) is 0.789. The Morgan fingerprint density at radius 3 is 2.35 bits per heavy atom. The number of hydrogen-bond acceptors (Lipinski definition) is 5. The van der Waals surface area contributed by atoms with Crippen LogP contribution in [0.25, 0.3) is 0 Å². The van der Waals surface area contributed by atoms with Gasteiger partial charge in [-0.2, -0.15) is 0 Å². The third-order valence-electron chi connectivity index (χ3n) is 3.25. The second-order valence-corrected chi connectivity index (χ2v) is 10.4. The minimum atomic E-state index is -2.59. The molecular weight excluding hydrogens is 351 g/mol. The highest BCUT2D eigenvalue weighted by Gasteiger charge is 2.21. The van der Waals surface area contributed by atoms with E-state index in [-0.39, 0.29) is 5.82 Å². The standard InChI is InChI=1S/C19H25N2O4P/c1-19(2,3)25-18(22)21-17-15(11-12-16(20-17)26(4,5)23)24-13-14-9-7-6-8-10-14/h6-12H,13H2,1-5H3,(H,20,21,22).